The Kier molecular flexibility index (Phi) is 5.88. The Bertz CT molecular complexity index is 1070. The molecule has 1 aliphatic rings. The minimum atomic E-state index is -0.256. The second-order valence-electron chi connectivity index (χ2n) is 7.31. The van der Waals surface area contributed by atoms with Crippen molar-refractivity contribution in [3.05, 3.63) is 71.8 Å². The number of pyridine rings is 1. The highest BCUT2D eigenvalue weighted by Crippen LogP contribution is 2.27. The van der Waals surface area contributed by atoms with Crippen LogP contribution in [-0.4, -0.2) is 52.9 Å². The number of aryl methyl sites for hydroxylation is 2. The summed E-state index contributed by atoms with van der Waals surface area (Å²) in [6.07, 6.45) is 1.61. The van der Waals surface area contributed by atoms with E-state index >= 15 is 0 Å². The lowest BCUT2D eigenvalue weighted by atomic mass is 10.2. The van der Waals surface area contributed by atoms with Crippen LogP contribution < -0.4 is 10.1 Å². The van der Waals surface area contributed by atoms with Gasteiger partial charge in [-0.25, -0.2) is 9.78 Å². The number of rotatable bonds is 4. The Morgan fingerprint density at radius 3 is 2.39 bits per heavy atom. The number of aromatic nitrogens is 1. The Morgan fingerprint density at radius 1 is 1.00 bits per heavy atom. The number of para-hydroxylation sites is 1. The zero-order valence-electron chi connectivity index (χ0n) is 17.5. The van der Waals surface area contributed by atoms with E-state index in [4.69, 9.17) is 9.15 Å². The van der Waals surface area contributed by atoms with Crippen LogP contribution in [0.15, 0.2) is 59.1 Å². The first kappa shape index (κ1) is 20.5. The lowest BCUT2D eigenvalue weighted by Gasteiger charge is -2.34. The highest BCUT2D eigenvalue weighted by Gasteiger charge is 2.27. The van der Waals surface area contributed by atoms with E-state index in [0.717, 1.165) is 0 Å². The van der Waals surface area contributed by atoms with Crippen LogP contribution in [0.2, 0.25) is 0 Å². The molecule has 2 aromatic heterocycles. The van der Waals surface area contributed by atoms with Crippen LogP contribution in [0.4, 0.5) is 10.5 Å². The molecule has 1 fully saturated rings. The number of nitrogens with zero attached hydrogens (tertiary/aromatic N) is 3. The van der Waals surface area contributed by atoms with E-state index in [0.29, 0.717) is 60.6 Å². The Hall–Kier alpha value is -3.81. The molecule has 160 valence electrons. The third kappa shape index (κ3) is 4.69. The number of furan rings is 1. The summed E-state index contributed by atoms with van der Waals surface area (Å²) in [5.41, 5.74) is 1.06. The molecule has 1 aliphatic heterocycles. The SMILES string of the molecule is Cc1cc(C(=O)N2CCN(C(=O)Nc3cccnc3Oc3ccccc3)CC2)c(C)o1. The molecule has 0 atom stereocenters. The van der Waals surface area contributed by atoms with Crippen molar-refractivity contribution >= 4 is 17.6 Å². The van der Waals surface area contributed by atoms with Crippen LogP contribution in [0.5, 0.6) is 11.6 Å². The summed E-state index contributed by atoms with van der Waals surface area (Å²) in [5.74, 6) is 2.21. The fourth-order valence-electron chi connectivity index (χ4n) is 3.49. The topological polar surface area (TPSA) is 87.9 Å². The lowest BCUT2D eigenvalue weighted by Crippen LogP contribution is -2.51. The van der Waals surface area contributed by atoms with Crippen molar-refractivity contribution in [1.29, 1.82) is 0 Å². The average Bonchev–Trinajstić information content (AvgIpc) is 3.13. The maximum Gasteiger partial charge on any atom is 0.322 e. The number of nitrogens with one attached hydrogen (secondary N) is 1. The number of urea groups is 1. The summed E-state index contributed by atoms with van der Waals surface area (Å²) in [5, 5.41) is 2.87. The van der Waals surface area contributed by atoms with E-state index in [9.17, 15) is 9.59 Å². The predicted molar refractivity (Wildman–Crippen MR) is 115 cm³/mol. The zero-order chi connectivity index (χ0) is 21.8. The normalized spacial score (nSPS) is 13.7. The second kappa shape index (κ2) is 8.91. The van der Waals surface area contributed by atoms with Gasteiger partial charge in [-0.3, -0.25) is 4.79 Å². The maximum absolute atomic E-state index is 12.8. The first-order chi connectivity index (χ1) is 15.0. The van der Waals surface area contributed by atoms with Crippen molar-refractivity contribution in [3.63, 3.8) is 0 Å². The van der Waals surface area contributed by atoms with Gasteiger partial charge in [0, 0.05) is 32.4 Å². The molecule has 3 aromatic rings. The average molecular weight is 420 g/mol. The van der Waals surface area contributed by atoms with Crippen LogP contribution in [0.1, 0.15) is 21.9 Å². The molecule has 0 bridgehead atoms. The van der Waals surface area contributed by atoms with Gasteiger partial charge in [0.15, 0.2) is 0 Å². The van der Waals surface area contributed by atoms with E-state index in [-0.39, 0.29) is 11.9 Å². The van der Waals surface area contributed by atoms with Crippen LogP contribution in [0.3, 0.4) is 0 Å². The lowest BCUT2D eigenvalue weighted by molar-refractivity contribution is 0.0670. The van der Waals surface area contributed by atoms with Gasteiger partial charge in [-0.1, -0.05) is 18.2 Å². The number of benzene rings is 1. The van der Waals surface area contributed by atoms with Gasteiger partial charge in [0.05, 0.1) is 5.56 Å². The number of anilines is 1. The summed E-state index contributed by atoms with van der Waals surface area (Å²) in [6.45, 7) is 5.38. The van der Waals surface area contributed by atoms with Crippen LogP contribution >= 0.6 is 0 Å². The summed E-state index contributed by atoms with van der Waals surface area (Å²) >= 11 is 0. The molecule has 3 heterocycles. The van der Waals surface area contributed by atoms with Gasteiger partial charge in [0.1, 0.15) is 23.0 Å². The minimum absolute atomic E-state index is 0.0692. The molecule has 8 heteroatoms. The van der Waals surface area contributed by atoms with Crippen LogP contribution in [0, 0.1) is 13.8 Å². The largest absolute Gasteiger partial charge is 0.466 e. The molecule has 0 aliphatic carbocycles. The van der Waals surface area contributed by atoms with Crippen molar-refractivity contribution in [2.75, 3.05) is 31.5 Å². The van der Waals surface area contributed by atoms with Gasteiger partial charge < -0.3 is 24.3 Å². The molecule has 4 rings (SSSR count). The number of carbonyl (C=O) groups excluding carboxylic acids is 2. The molecular weight excluding hydrogens is 396 g/mol. The molecule has 0 spiro atoms. The molecule has 1 aromatic carbocycles. The fourth-order valence-corrected chi connectivity index (χ4v) is 3.49. The fraction of sp³-hybridized carbons (Fsp3) is 0.261. The Morgan fingerprint density at radius 2 is 1.71 bits per heavy atom. The molecule has 8 nitrogen and oxygen atoms in total. The van der Waals surface area contributed by atoms with Crippen molar-refractivity contribution in [3.8, 4) is 11.6 Å². The summed E-state index contributed by atoms with van der Waals surface area (Å²) in [7, 11) is 0. The Balaban J connectivity index is 1.37. The van der Waals surface area contributed by atoms with E-state index < -0.39 is 0 Å². The third-order valence-corrected chi connectivity index (χ3v) is 5.10. The number of carbonyl (C=O) groups is 2. The van der Waals surface area contributed by atoms with Crippen LogP contribution in [0.25, 0.3) is 0 Å². The maximum atomic E-state index is 12.8. The summed E-state index contributed by atoms with van der Waals surface area (Å²) in [4.78, 5) is 33.2. The predicted octanol–water partition coefficient (Wildman–Crippen LogP) is 4.07. The van der Waals surface area contributed by atoms with Crippen molar-refractivity contribution in [1.82, 2.24) is 14.8 Å². The van der Waals surface area contributed by atoms with Gasteiger partial charge in [-0.15, -0.1) is 0 Å². The van der Waals surface area contributed by atoms with E-state index in [1.165, 1.54) is 0 Å². The van der Waals surface area contributed by atoms with E-state index in [1.54, 1.807) is 41.1 Å². The molecule has 3 amide bonds. The van der Waals surface area contributed by atoms with Gasteiger partial charge in [0.25, 0.3) is 5.91 Å². The monoisotopic (exact) mass is 420 g/mol. The van der Waals surface area contributed by atoms with E-state index in [2.05, 4.69) is 10.3 Å². The van der Waals surface area contributed by atoms with Crippen molar-refractivity contribution in [2.24, 2.45) is 0 Å². The molecule has 31 heavy (non-hydrogen) atoms. The molecule has 0 radical (unpaired) electrons. The second-order valence-corrected chi connectivity index (χ2v) is 7.31. The molecule has 0 saturated carbocycles. The Labute approximate surface area is 180 Å². The number of hydrogen-bond donors (Lipinski definition) is 1. The number of ether oxygens (including phenoxy) is 1. The third-order valence-electron chi connectivity index (χ3n) is 5.10. The highest BCUT2D eigenvalue weighted by atomic mass is 16.5. The summed E-state index contributed by atoms with van der Waals surface area (Å²) < 4.78 is 11.3. The van der Waals surface area contributed by atoms with E-state index in [1.807, 2.05) is 37.3 Å². The van der Waals surface area contributed by atoms with Gasteiger partial charge in [-0.2, -0.15) is 0 Å². The van der Waals surface area contributed by atoms with Gasteiger partial charge in [0.2, 0.25) is 5.88 Å². The van der Waals surface area contributed by atoms with Gasteiger partial charge in [-0.05, 0) is 44.2 Å². The quantitative estimate of drug-likeness (QED) is 0.687. The van der Waals surface area contributed by atoms with Crippen molar-refractivity contribution < 1.29 is 18.7 Å². The minimum Gasteiger partial charge on any atom is -0.466 e. The highest BCUT2D eigenvalue weighted by molar-refractivity contribution is 5.96. The molecule has 1 N–H and O–H groups in total. The zero-order valence-corrected chi connectivity index (χ0v) is 17.5. The first-order valence-electron chi connectivity index (χ1n) is 10.1. The number of piperazine rings is 1. The van der Waals surface area contributed by atoms with Crippen LogP contribution in [-0.2, 0) is 0 Å². The molecule has 0 unspecified atom stereocenters. The molecule has 1 saturated heterocycles. The first-order valence-corrected chi connectivity index (χ1v) is 10.1. The number of hydrogen-bond acceptors (Lipinski definition) is 5. The summed E-state index contributed by atoms with van der Waals surface area (Å²) in [6, 6.07) is 14.2. The standard InChI is InChI=1S/C23H24N4O4/c1-16-15-19(17(2)30-16)22(28)26-11-13-27(14-12-26)23(29)25-20-9-6-10-24-21(20)31-18-7-4-3-5-8-18/h3-10,15H,11-14H2,1-2H3,(H,25,29). The molecular formula is C23H24N4O4. The van der Waals surface area contributed by atoms with Crippen molar-refractivity contribution in [2.45, 2.75) is 13.8 Å². The van der Waals surface area contributed by atoms with Gasteiger partial charge >= 0.3 is 6.03 Å². The smallest absolute Gasteiger partial charge is 0.322 e. The number of amides is 3.